The molecule has 0 radical (unpaired) electrons. The van der Waals surface area contributed by atoms with E-state index in [0.717, 1.165) is 66.7 Å². The third-order valence-electron chi connectivity index (χ3n) is 20.3. The van der Waals surface area contributed by atoms with Crippen LogP contribution in [-0.2, 0) is 0 Å². The van der Waals surface area contributed by atoms with Crippen molar-refractivity contribution in [3.8, 4) is 67.8 Å². The second kappa shape index (κ2) is 23.3. The second-order valence-electron chi connectivity index (χ2n) is 26.0. The largest absolute Gasteiger partial charge is 0.308 e. The number of hydrogen-bond acceptors (Lipinski definition) is 8. The summed E-state index contributed by atoms with van der Waals surface area (Å²) in [6.45, 7) is 0. The number of benzene rings is 14. The molecule has 0 aliphatic rings. The van der Waals surface area contributed by atoms with Gasteiger partial charge in [0.25, 0.3) is 0 Å². The number of rotatable bonds is 7. The van der Waals surface area contributed by atoms with E-state index in [1.54, 1.807) is 12.4 Å². The molecule has 8 nitrogen and oxygen atoms in total. The molecule has 8 heterocycles. The van der Waals surface area contributed by atoms with Gasteiger partial charge in [-0.25, -0.2) is 29.9 Å². The summed E-state index contributed by atoms with van der Waals surface area (Å²) in [4.78, 5) is 30.1. The van der Waals surface area contributed by atoms with Crippen molar-refractivity contribution in [3.05, 3.63) is 328 Å². The van der Waals surface area contributed by atoms with Crippen LogP contribution >= 0.6 is 22.7 Å². The van der Waals surface area contributed by atoms with Crippen LogP contribution in [0, 0.1) is 0 Å². The fourth-order valence-corrected chi connectivity index (χ4v) is 18.4. The molecule has 102 heavy (non-hydrogen) atoms. The van der Waals surface area contributed by atoms with Crippen LogP contribution in [0.4, 0.5) is 0 Å². The average molecular weight is 1340 g/mol. The normalized spacial score (nSPS) is 11.9. The number of pyridine rings is 2. The summed E-state index contributed by atoms with van der Waals surface area (Å²) >= 11 is 3.76. The second-order valence-corrected chi connectivity index (χ2v) is 28.1. The van der Waals surface area contributed by atoms with Crippen LogP contribution in [0.1, 0.15) is 0 Å². The van der Waals surface area contributed by atoms with Gasteiger partial charge in [-0.3, -0.25) is 0 Å². The summed E-state index contributed by atoms with van der Waals surface area (Å²) in [5, 5.41) is 19.6. The van der Waals surface area contributed by atoms with E-state index in [2.05, 4.69) is 306 Å². The van der Waals surface area contributed by atoms with Gasteiger partial charge < -0.3 is 9.13 Å². The lowest BCUT2D eigenvalue weighted by atomic mass is 9.99. The van der Waals surface area contributed by atoms with Gasteiger partial charge in [-0.05, 0) is 122 Å². The molecule has 0 spiro atoms. The van der Waals surface area contributed by atoms with E-state index in [1.165, 1.54) is 116 Å². The molecule has 14 aromatic carbocycles. The molecule has 22 rings (SSSR count). The maximum atomic E-state index is 5.30. The zero-order chi connectivity index (χ0) is 66.9. The van der Waals surface area contributed by atoms with E-state index in [9.17, 15) is 0 Å². The monoisotopic (exact) mass is 1330 g/mol. The highest BCUT2D eigenvalue weighted by Crippen LogP contribution is 2.51. The summed E-state index contributed by atoms with van der Waals surface area (Å²) in [7, 11) is 0. The number of aromatic nitrogens is 8. The van der Waals surface area contributed by atoms with Crippen molar-refractivity contribution in [3.63, 3.8) is 0 Å². The topological polar surface area (TPSA) is 87.2 Å². The lowest BCUT2D eigenvalue weighted by molar-refractivity contribution is 1.17. The van der Waals surface area contributed by atoms with E-state index < -0.39 is 0 Å². The van der Waals surface area contributed by atoms with Crippen LogP contribution in [0.2, 0.25) is 0 Å². The van der Waals surface area contributed by atoms with Gasteiger partial charge in [-0.1, -0.05) is 237 Å². The summed E-state index contributed by atoms with van der Waals surface area (Å²) < 4.78 is 10.1. The zero-order valence-corrected chi connectivity index (χ0v) is 56.2. The first-order valence-corrected chi connectivity index (χ1v) is 35.9. The van der Waals surface area contributed by atoms with Crippen LogP contribution in [-0.4, -0.2) is 39.0 Å². The molecule has 0 aliphatic carbocycles. The predicted molar refractivity (Wildman–Crippen MR) is 429 cm³/mol. The van der Waals surface area contributed by atoms with Crippen molar-refractivity contribution < 1.29 is 0 Å². The summed E-state index contributed by atoms with van der Waals surface area (Å²) in [5.41, 5.74) is 16.3. The Hall–Kier alpha value is -13.1. The quantitative estimate of drug-likeness (QED) is 0.158. The molecule has 22 aromatic rings. The minimum atomic E-state index is 0.645. The number of nitrogens with zero attached hydrogens (tertiary/aromatic N) is 8. The highest BCUT2D eigenvalue weighted by molar-refractivity contribution is 7.27. The van der Waals surface area contributed by atoms with E-state index in [4.69, 9.17) is 29.9 Å². The smallest absolute Gasteiger partial charge is 0.163 e. The predicted octanol–water partition coefficient (Wildman–Crippen LogP) is 24.8. The Labute approximate surface area is 591 Å². The molecular formula is C92H54N8S2. The Morgan fingerprint density at radius 1 is 0.255 bits per heavy atom. The molecule has 10 heteroatoms. The molecule has 0 aliphatic heterocycles. The Kier molecular flexibility index (Phi) is 13.2. The number of para-hydroxylation sites is 2. The first-order chi connectivity index (χ1) is 50.6. The molecule has 0 saturated heterocycles. The fourth-order valence-electron chi connectivity index (χ4n) is 15.9. The van der Waals surface area contributed by atoms with Crippen molar-refractivity contribution in [1.82, 2.24) is 39.0 Å². The lowest BCUT2D eigenvalue weighted by Crippen LogP contribution is -1.99. The van der Waals surface area contributed by atoms with Crippen molar-refractivity contribution >= 4 is 161 Å². The Balaban J connectivity index is 0.000000133. The minimum absolute atomic E-state index is 0.645. The minimum Gasteiger partial charge on any atom is -0.308 e. The van der Waals surface area contributed by atoms with Crippen molar-refractivity contribution in [2.45, 2.75) is 0 Å². The molecule has 0 N–H and O–H groups in total. The zero-order valence-electron chi connectivity index (χ0n) is 54.6. The first-order valence-electron chi connectivity index (χ1n) is 34.2. The van der Waals surface area contributed by atoms with Gasteiger partial charge in [0, 0.05) is 109 Å². The van der Waals surface area contributed by atoms with Crippen LogP contribution in [0.5, 0.6) is 0 Å². The number of hydrogen-bond donors (Lipinski definition) is 0. The number of thiophene rings is 2. The van der Waals surface area contributed by atoms with Crippen LogP contribution in [0.3, 0.4) is 0 Å². The third kappa shape index (κ3) is 9.06. The molecule has 0 unspecified atom stereocenters. The van der Waals surface area contributed by atoms with Gasteiger partial charge in [0.1, 0.15) is 0 Å². The summed E-state index contributed by atoms with van der Waals surface area (Å²) in [6, 6.07) is 112. The highest BCUT2D eigenvalue weighted by atomic mass is 32.1. The first kappa shape index (κ1) is 57.9. The SMILES string of the molecule is c1cc(-c2nc(-c3cccc4ccccc34)c3cccnc3n2)cc(-n2c3ccccc3c3c4ccccc4c4c5ccccc5sc4c32)c1.c1ccc(-c2cccc(-c3nc(-c4cccc(-n5c6ccccc6c6c7ccccc7c7c8ccccc8sc7c65)c4)nc4ncccc34)c2)cc1. The Morgan fingerprint density at radius 3 is 1.23 bits per heavy atom. The maximum Gasteiger partial charge on any atom is 0.163 e. The summed E-state index contributed by atoms with van der Waals surface area (Å²) in [5.74, 6) is 1.30. The fraction of sp³-hybridized carbons (Fsp3) is 0. The van der Waals surface area contributed by atoms with Crippen LogP contribution in [0.25, 0.3) is 206 Å². The maximum absolute atomic E-state index is 5.30. The third-order valence-corrected chi connectivity index (χ3v) is 22.6. The van der Waals surface area contributed by atoms with Gasteiger partial charge in [0.2, 0.25) is 0 Å². The highest BCUT2D eigenvalue weighted by Gasteiger charge is 2.26. The molecule has 0 atom stereocenters. The Morgan fingerprint density at radius 2 is 0.657 bits per heavy atom. The molecule has 0 amide bonds. The van der Waals surface area contributed by atoms with Crippen molar-refractivity contribution in [2.24, 2.45) is 0 Å². The average Bonchev–Trinajstić information content (AvgIpc) is 1.54. The molecule has 0 saturated carbocycles. The van der Waals surface area contributed by atoms with E-state index >= 15 is 0 Å². The van der Waals surface area contributed by atoms with Crippen molar-refractivity contribution in [2.75, 3.05) is 0 Å². The molecular weight excluding hydrogens is 1280 g/mol. The molecule has 0 bridgehead atoms. The van der Waals surface area contributed by atoms with Crippen LogP contribution < -0.4 is 0 Å². The molecule has 474 valence electrons. The van der Waals surface area contributed by atoms with Gasteiger partial charge in [0.15, 0.2) is 22.9 Å². The van der Waals surface area contributed by atoms with Gasteiger partial charge >= 0.3 is 0 Å². The summed E-state index contributed by atoms with van der Waals surface area (Å²) in [6.07, 6.45) is 3.61. The van der Waals surface area contributed by atoms with Crippen LogP contribution in [0.15, 0.2) is 328 Å². The molecule has 8 aromatic heterocycles. The van der Waals surface area contributed by atoms with Gasteiger partial charge in [0.05, 0.1) is 42.9 Å². The molecule has 0 fully saturated rings. The standard InChI is InChI=1S/C47H28N4S.C45H26N4S/c1-2-13-29(14-3-1)30-15-10-16-31(27-30)43-38-23-12-26-48-47(38)50-46(49-43)32-17-11-18-33(28-32)51-39-24-8-6-21-36(39)41-34-19-4-5-20-35(34)42-37-22-7-9-25-40(37)52-45(42)44(41)51;1-2-16-30-27(12-1)13-10-21-33(30)41-36-22-11-25-46-45(36)48-44(47-41)28-14-9-15-29(26-28)49-37-23-7-5-19-34(37)39-31-17-3-4-18-32(31)40-35-20-6-8-24-38(35)50-43(40)42(39)49/h1-28H;1-26H. The van der Waals surface area contributed by atoms with Gasteiger partial charge in [-0.15, -0.1) is 22.7 Å². The lowest BCUT2D eigenvalue weighted by Gasteiger charge is -2.13. The number of fused-ring (bicyclic) bond motifs is 23. The Bertz CT molecular complexity index is 7220. The van der Waals surface area contributed by atoms with Gasteiger partial charge in [-0.2, -0.15) is 0 Å². The van der Waals surface area contributed by atoms with E-state index in [-0.39, 0.29) is 0 Å². The van der Waals surface area contributed by atoms with E-state index in [1.807, 2.05) is 40.9 Å². The van der Waals surface area contributed by atoms with E-state index in [0.29, 0.717) is 22.9 Å². The van der Waals surface area contributed by atoms with Crippen molar-refractivity contribution in [1.29, 1.82) is 0 Å².